The minimum atomic E-state index is -1.01. The van der Waals surface area contributed by atoms with Gasteiger partial charge in [0, 0.05) is 19.2 Å². The van der Waals surface area contributed by atoms with Crippen molar-refractivity contribution < 1.29 is 19.5 Å². The quantitative estimate of drug-likeness (QED) is 0.514. The molecule has 1 aliphatic heterocycles. The number of benzene rings is 1. The van der Waals surface area contributed by atoms with Gasteiger partial charge in [-0.2, -0.15) is 0 Å². The van der Waals surface area contributed by atoms with Crippen LogP contribution in [0.2, 0.25) is 0 Å². The highest BCUT2D eigenvalue weighted by atomic mass is 16.4. The molecule has 1 saturated heterocycles. The number of carboxylic acids is 1. The number of hydrogen-bond donors (Lipinski definition) is 2. The van der Waals surface area contributed by atoms with Crippen LogP contribution in [-0.4, -0.2) is 64.4 Å². The molecule has 0 aliphatic carbocycles. The van der Waals surface area contributed by atoms with Crippen molar-refractivity contribution in [2.75, 3.05) is 13.6 Å². The highest BCUT2D eigenvalue weighted by molar-refractivity contribution is 5.91. The number of likely N-dealkylation sites (N-methyl/N-ethyl adjacent to an activating group) is 1. The average Bonchev–Trinajstić information content (AvgIpc) is 2.79. The summed E-state index contributed by atoms with van der Waals surface area (Å²) < 4.78 is 0. The fourth-order valence-corrected chi connectivity index (χ4v) is 4.61. The second-order valence-corrected chi connectivity index (χ2v) is 11.1. The Bertz CT molecular complexity index is 905. The van der Waals surface area contributed by atoms with Gasteiger partial charge in [-0.25, -0.2) is 4.79 Å². The third kappa shape index (κ3) is 7.92. The Morgan fingerprint density at radius 1 is 1.17 bits per heavy atom. The summed E-state index contributed by atoms with van der Waals surface area (Å²) in [4.78, 5) is 42.4. The summed E-state index contributed by atoms with van der Waals surface area (Å²) in [6, 6.07) is 8.70. The first-order chi connectivity index (χ1) is 16.3. The lowest BCUT2D eigenvalue weighted by Gasteiger charge is -2.40. The van der Waals surface area contributed by atoms with Crippen LogP contribution in [0.4, 0.5) is 0 Å². The summed E-state index contributed by atoms with van der Waals surface area (Å²) in [5.41, 5.74) is 0.835. The van der Waals surface area contributed by atoms with Crippen LogP contribution in [0.25, 0.3) is 0 Å². The summed E-state index contributed by atoms with van der Waals surface area (Å²) in [6.45, 7) is 12.8. The Morgan fingerprint density at radius 2 is 1.80 bits per heavy atom. The molecule has 0 aromatic heterocycles. The summed E-state index contributed by atoms with van der Waals surface area (Å²) in [6.07, 6.45) is 4.41. The number of piperidine rings is 1. The van der Waals surface area contributed by atoms with Crippen molar-refractivity contribution in [2.45, 2.75) is 85.5 Å². The molecule has 2 rings (SSSR count). The van der Waals surface area contributed by atoms with Crippen LogP contribution in [0.3, 0.4) is 0 Å². The number of rotatable bonds is 9. The number of nitrogens with zero attached hydrogens (tertiary/aromatic N) is 2. The van der Waals surface area contributed by atoms with E-state index in [0.29, 0.717) is 6.54 Å². The predicted molar refractivity (Wildman–Crippen MR) is 139 cm³/mol. The molecule has 1 aliphatic rings. The Labute approximate surface area is 210 Å². The first-order valence-electron chi connectivity index (χ1n) is 12.6. The fourth-order valence-electron chi connectivity index (χ4n) is 4.61. The van der Waals surface area contributed by atoms with Crippen LogP contribution in [0, 0.1) is 11.3 Å². The second-order valence-electron chi connectivity index (χ2n) is 11.1. The molecule has 0 spiro atoms. The predicted octanol–water partition coefficient (Wildman–Crippen LogP) is 4.09. The van der Waals surface area contributed by atoms with Crippen molar-refractivity contribution in [2.24, 2.45) is 11.3 Å². The zero-order valence-corrected chi connectivity index (χ0v) is 22.4. The van der Waals surface area contributed by atoms with Crippen molar-refractivity contribution in [3.05, 3.63) is 47.5 Å². The van der Waals surface area contributed by atoms with Gasteiger partial charge in [0.05, 0.1) is 12.1 Å². The Morgan fingerprint density at radius 3 is 2.34 bits per heavy atom. The number of aliphatic carboxylic acids is 1. The second kappa shape index (κ2) is 12.3. The van der Waals surface area contributed by atoms with E-state index in [1.165, 1.54) is 6.92 Å². The van der Waals surface area contributed by atoms with Gasteiger partial charge in [0.15, 0.2) is 0 Å². The van der Waals surface area contributed by atoms with E-state index in [9.17, 15) is 19.5 Å². The molecule has 7 nitrogen and oxygen atoms in total. The van der Waals surface area contributed by atoms with Gasteiger partial charge in [-0.3, -0.25) is 14.5 Å². The van der Waals surface area contributed by atoms with Gasteiger partial charge >= 0.3 is 5.97 Å². The number of carboxylic acid groups (broad SMARTS) is 1. The van der Waals surface area contributed by atoms with E-state index in [-0.39, 0.29) is 29.3 Å². The fraction of sp³-hybridized carbons (Fsp3) is 0.607. The standard InChI is InChI=1S/C28H43N3O4/c1-19(2)23(17-20(3)27(34)35)30(7)26(33)24(28(4,5)6)29-25(32)22-15-11-12-16-31(22)18-21-13-9-8-10-14-21/h8-10,13-14,17,19,22-24H,11-12,15-16,18H2,1-7H3,(H,29,32)(H,34,35)/t22?,23?,24-/m1/s1. The lowest BCUT2D eigenvalue weighted by molar-refractivity contribution is -0.142. The maximum atomic E-state index is 13.7. The monoisotopic (exact) mass is 485 g/mol. The van der Waals surface area contributed by atoms with Crippen LogP contribution in [-0.2, 0) is 20.9 Å². The lowest BCUT2D eigenvalue weighted by atomic mass is 9.84. The first kappa shape index (κ1) is 28.6. The molecular weight excluding hydrogens is 442 g/mol. The molecule has 0 saturated carbocycles. The number of carbonyl (C=O) groups is 3. The van der Waals surface area contributed by atoms with Crippen molar-refractivity contribution in [3.63, 3.8) is 0 Å². The van der Waals surface area contributed by atoms with Crippen molar-refractivity contribution in [1.29, 1.82) is 0 Å². The normalized spacial score (nSPS) is 19.2. The Hall–Kier alpha value is -2.67. The number of carbonyl (C=O) groups excluding carboxylic acids is 2. The van der Waals surface area contributed by atoms with E-state index >= 15 is 0 Å². The third-order valence-electron chi connectivity index (χ3n) is 6.78. The zero-order chi connectivity index (χ0) is 26.3. The van der Waals surface area contributed by atoms with Gasteiger partial charge in [-0.1, -0.05) is 77.4 Å². The van der Waals surface area contributed by atoms with Crippen LogP contribution in [0.5, 0.6) is 0 Å². The molecule has 194 valence electrons. The molecule has 3 atom stereocenters. The van der Waals surface area contributed by atoms with Gasteiger partial charge in [0.25, 0.3) is 0 Å². The molecular formula is C28H43N3O4. The highest BCUT2D eigenvalue weighted by Crippen LogP contribution is 2.26. The molecule has 2 unspecified atom stereocenters. The van der Waals surface area contributed by atoms with Crippen molar-refractivity contribution in [1.82, 2.24) is 15.1 Å². The van der Waals surface area contributed by atoms with Gasteiger partial charge < -0.3 is 15.3 Å². The maximum absolute atomic E-state index is 13.7. The van der Waals surface area contributed by atoms with Crippen LogP contribution >= 0.6 is 0 Å². The molecule has 1 fully saturated rings. The summed E-state index contributed by atoms with van der Waals surface area (Å²) >= 11 is 0. The molecule has 7 heteroatoms. The summed E-state index contributed by atoms with van der Waals surface area (Å²) in [5.74, 6) is -1.34. The van der Waals surface area contributed by atoms with Crippen molar-refractivity contribution in [3.8, 4) is 0 Å². The van der Waals surface area contributed by atoms with Gasteiger partial charge in [-0.05, 0) is 43.2 Å². The SMILES string of the molecule is CC(=CC(C(C)C)N(C)C(=O)[C@@H](NC(=O)C1CCCCN1Cc1ccccc1)C(C)(C)C)C(=O)O. The topological polar surface area (TPSA) is 90.0 Å². The van der Waals surface area contributed by atoms with Gasteiger partial charge in [-0.15, -0.1) is 0 Å². The minimum absolute atomic E-state index is 0.00859. The van der Waals surface area contributed by atoms with E-state index < -0.39 is 23.5 Å². The van der Waals surface area contributed by atoms with E-state index in [1.54, 1.807) is 18.0 Å². The average molecular weight is 486 g/mol. The maximum Gasteiger partial charge on any atom is 0.331 e. The minimum Gasteiger partial charge on any atom is -0.478 e. The molecule has 2 N–H and O–H groups in total. The zero-order valence-electron chi connectivity index (χ0n) is 22.4. The van der Waals surface area contributed by atoms with E-state index in [1.807, 2.05) is 52.8 Å². The summed E-state index contributed by atoms with van der Waals surface area (Å²) in [5, 5.41) is 12.4. The van der Waals surface area contributed by atoms with E-state index in [2.05, 4.69) is 22.3 Å². The van der Waals surface area contributed by atoms with Crippen LogP contribution in [0.15, 0.2) is 42.0 Å². The smallest absolute Gasteiger partial charge is 0.331 e. The number of hydrogen-bond acceptors (Lipinski definition) is 4. The van der Waals surface area contributed by atoms with Gasteiger partial charge in [0.2, 0.25) is 11.8 Å². The number of likely N-dealkylation sites (tertiary alicyclic amines) is 1. The summed E-state index contributed by atoms with van der Waals surface area (Å²) in [7, 11) is 1.69. The lowest BCUT2D eigenvalue weighted by Crippen LogP contribution is -2.60. The third-order valence-corrected chi connectivity index (χ3v) is 6.78. The molecule has 0 radical (unpaired) electrons. The Kier molecular flexibility index (Phi) is 10.1. The van der Waals surface area contributed by atoms with Crippen LogP contribution in [0.1, 0.15) is 66.4 Å². The number of amides is 2. The molecule has 0 bridgehead atoms. The molecule has 1 aromatic carbocycles. The van der Waals surface area contributed by atoms with Crippen LogP contribution < -0.4 is 5.32 Å². The van der Waals surface area contributed by atoms with Crippen molar-refractivity contribution >= 4 is 17.8 Å². The number of nitrogens with one attached hydrogen (secondary N) is 1. The highest BCUT2D eigenvalue weighted by Gasteiger charge is 2.39. The van der Waals surface area contributed by atoms with E-state index in [0.717, 1.165) is 31.4 Å². The molecule has 1 heterocycles. The Balaban J connectivity index is 2.24. The van der Waals surface area contributed by atoms with E-state index in [4.69, 9.17) is 0 Å². The molecule has 2 amide bonds. The first-order valence-corrected chi connectivity index (χ1v) is 12.6. The largest absolute Gasteiger partial charge is 0.478 e. The molecule has 35 heavy (non-hydrogen) atoms. The molecule has 1 aromatic rings. The van der Waals surface area contributed by atoms with Gasteiger partial charge in [0.1, 0.15) is 6.04 Å².